The minimum Gasteiger partial charge on any atom is -0.376 e. The molecule has 7 heteroatoms. The fourth-order valence-electron chi connectivity index (χ4n) is 1.85. The zero-order valence-corrected chi connectivity index (χ0v) is 12.5. The normalized spacial score (nSPS) is 12.0. The van der Waals surface area contributed by atoms with Crippen molar-refractivity contribution in [3.05, 3.63) is 67.9 Å². The summed E-state index contributed by atoms with van der Waals surface area (Å²) in [4.78, 5) is 10.2. The lowest BCUT2D eigenvalue weighted by Crippen LogP contribution is -2.07. The maximum atomic E-state index is 12.9. The summed E-state index contributed by atoms with van der Waals surface area (Å²) in [6.45, 7) is 1.85. The van der Waals surface area contributed by atoms with E-state index in [1.165, 1.54) is 24.3 Å². The molecule has 0 aliphatic heterocycles. The Hall–Kier alpha value is -1.85. The molecule has 0 saturated heterocycles. The van der Waals surface area contributed by atoms with Crippen molar-refractivity contribution in [3.63, 3.8) is 0 Å². The van der Waals surface area contributed by atoms with Crippen molar-refractivity contribution in [1.82, 2.24) is 0 Å². The van der Waals surface area contributed by atoms with Gasteiger partial charge in [0.15, 0.2) is 0 Å². The Morgan fingerprint density at radius 2 is 1.71 bits per heavy atom. The first-order valence-corrected chi connectivity index (χ1v) is 6.79. The molecular formula is C14H11Cl2FN2O2. The van der Waals surface area contributed by atoms with Gasteiger partial charge in [-0.05, 0) is 24.6 Å². The molecule has 0 fully saturated rings. The van der Waals surface area contributed by atoms with E-state index in [4.69, 9.17) is 23.2 Å². The first kappa shape index (κ1) is 15.5. The van der Waals surface area contributed by atoms with Gasteiger partial charge in [0.2, 0.25) is 0 Å². The number of rotatable bonds is 4. The summed E-state index contributed by atoms with van der Waals surface area (Å²) in [5.41, 5.74) is 1.06. The second kappa shape index (κ2) is 6.28. The van der Waals surface area contributed by atoms with Gasteiger partial charge in [-0.3, -0.25) is 10.1 Å². The highest BCUT2D eigenvalue weighted by atomic mass is 35.5. The molecule has 2 aromatic carbocycles. The van der Waals surface area contributed by atoms with Crippen LogP contribution in [0.4, 0.5) is 15.8 Å². The summed E-state index contributed by atoms with van der Waals surface area (Å²) in [6.07, 6.45) is 0. The van der Waals surface area contributed by atoms with Gasteiger partial charge in [-0.25, -0.2) is 4.39 Å². The predicted molar refractivity (Wildman–Crippen MR) is 81.6 cm³/mol. The lowest BCUT2D eigenvalue weighted by Gasteiger charge is -2.17. The number of nitrogens with zero attached hydrogens (tertiary/aromatic N) is 1. The highest BCUT2D eigenvalue weighted by Gasteiger charge is 2.16. The molecule has 21 heavy (non-hydrogen) atoms. The van der Waals surface area contributed by atoms with Gasteiger partial charge < -0.3 is 5.32 Å². The smallest absolute Gasteiger partial charge is 0.272 e. The van der Waals surface area contributed by atoms with Crippen molar-refractivity contribution in [3.8, 4) is 0 Å². The number of nitro groups is 1. The van der Waals surface area contributed by atoms with E-state index < -0.39 is 4.92 Å². The summed E-state index contributed by atoms with van der Waals surface area (Å²) in [5, 5.41) is 14.1. The van der Waals surface area contributed by atoms with Gasteiger partial charge in [-0.1, -0.05) is 35.3 Å². The molecule has 0 radical (unpaired) electrons. The molecule has 4 nitrogen and oxygen atoms in total. The average Bonchev–Trinajstić information content (AvgIpc) is 2.43. The van der Waals surface area contributed by atoms with Crippen LogP contribution >= 0.6 is 23.2 Å². The maximum absolute atomic E-state index is 12.9. The number of halogens is 3. The number of anilines is 1. The van der Waals surface area contributed by atoms with Crippen molar-refractivity contribution >= 4 is 34.6 Å². The third kappa shape index (κ3) is 3.62. The molecule has 0 bridgehead atoms. The van der Waals surface area contributed by atoms with E-state index >= 15 is 0 Å². The van der Waals surface area contributed by atoms with Crippen LogP contribution in [0, 0.1) is 15.9 Å². The molecule has 0 saturated carbocycles. The van der Waals surface area contributed by atoms with Crippen LogP contribution in [0.2, 0.25) is 10.0 Å². The van der Waals surface area contributed by atoms with Crippen molar-refractivity contribution < 1.29 is 9.31 Å². The van der Waals surface area contributed by atoms with Crippen LogP contribution in [0.1, 0.15) is 18.5 Å². The van der Waals surface area contributed by atoms with Crippen LogP contribution in [0.3, 0.4) is 0 Å². The molecule has 1 atom stereocenters. The third-order valence-electron chi connectivity index (χ3n) is 2.97. The highest BCUT2D eigenvalue weighted by Crippen LogP contribution is 2.36. The molecule has 2 rings (SSSR count). The van der Waals surface area contributed by atoms with Crippen LogP contribution in [0.25, 0.3) is 0 Å². The fraction of sp³-hybridized carbons (Fsp3) is 0.143. The highest BCUT2D eigenvalue weighted by molar-refractivity contribution is 6.39. The molecule has 1 unspecified atom stereocenters. The summed E-state index contributed by atoms with van der Waals surface area (Å²) in [7, 11) is 0. The van der Waals surface area contributed by atoms with E-state index in [0.717, 1.165) is 5.56 Å². The lowest BCUT2D eigenvalue weighted by atomic mass is 10.1. The zero-order valence-electron chi connectivity index (χ0n) is 10.9. The van der Waals surface area contributed by atoms with Crippen LogP contribution < -0.4 is 5.32 Å². The number of hydrogen-bond donors (Lipinski definition) is 1. The van der Waals surface area contributed by atoms with Gasteiger partial charge in [0.1, 0.15) is 5.82 Å². The van der Waals surface area contributed by atoms with E-state index in [9.17, 15) is 14.5 Å². The number of nitro benzene ring substituents is 1. The molecule has 0 spiro atoms. The van der Waals surface area contributed by atoms with Crippen LogP contribution in [-0.4, -0.2) is 4.92 Å². The van der Waals surface area contributed by atoms with Gasteiger partial charge >= 0.3 is 0 Å². The fourth-order valence-corrected chi connectivity index (χ4v) is 2.44. The van der Waals surface area contributed by atoms with Crippen molar-refractivity contribution in [2.75, 3.05) is 5.32 Å². The van der Waals surface area contributed by atoms with Gasteiger partial charge in [-0.15, -0.1) is 0 Å². The van der Waals surface area contributed by atoms with Crippen molar-refractivity contribution in [2.24, 2.45) is 0 Å². The summed E-state index contributed by atoms with van der Waals surface area (Å²) >= 11 is 12.0. The monoisotopic (exact) mass is 328 g/mol. The molecule has 2 aromatic rings. The molecule has 0 amide bonds. The Morgan fingerprint density at radius 1 is 1.19 bits per heavy atom. The lowest BCUT2D eigenvalue weighted by molar-refractivity contribution is -0.384. The van der Waals surface area contributed by atoms with Crippen LogP contribution in [0.15, 0.2) is 36.4 Å². The second-order valence-electron chi connectivity index (χ2n) is 4.46. The minimum absolute atomic E-state index is 0.156. The summed E-state index contributed by atoms with van der Waals surface area (Å²) < 4.78 is 12.9. The van der Waals surface area contributed by atoms with E-state index in [1.807, 2.05) is 6.92 Å². The van der Waals surface area contributed by atoms with Gasteiger partial charge in [0, 0.05) is 18.2 Å². The van der Waals surface area contributed by atoms with E-state index in [1.54, 1.807) is 12.1 Å². The van der Waals surface area contributed by atoms with Crippen LogP contribution in [-0.2, 0) is 0 Å². The van der Waals surface area contributed by atoms with Gasteiger partial charge in [-0.2, -0.15) is 0 Å². The summed E-state index contributed by atoms with van der Waals surface area (Å²) in [5.74, 6) is -0.322. The number of non-ortho nitro benzene ring substituents is 1. The average molecular weight is 329 g/mol. The Bertz CT molecular complexity index is 654. The topological polar surface area (TPSA) is 55.2 Å². The quantitative estimate of drug-likeness (QED) is 0.618. The largest absolute Gasteiger partial charge is 0.376 e. The molecule has 0 aliphatic rings. The predicted octanol–water partition coefficient (Wildman–Crippen LogP) is 5.21. The maximum Gasteiger partial charge on any atom is 0.272 e. The molecule has 0 heterocycles. The Morgan fingerprint density at radius 3 is 2.19 bits per heavy atom. The van der Waals surface area contributed by atoms with Crippen LogP contribution in [0.5, 0.6) is 0 Å². The SMILES string of the molecule is CC(Nc1c(Cl)cc([N+](=O)[O-])cc1Cl)c1ccc(F)cc1. The van der Waals surface area contributed by atoms with E-state index in [0.29, 0.717) is 5.69 Å². The van der Waals surface area contributed by atoms with Crippen molar-refractivity contribution in [2.45, 2.75) is 13.0 Å². The van der Waals surface area contributed by atoms with Gasteiger partial charge in [0.05, 0.1) is 20.7 Å². The Balaban J connectivity index is 2.27. The third-order valence-corrected chi connectivity index (χ3v) is 3.56. The molecule has 1 N–H and O–H groups in total. The molecule has 0 aliphatic carbocycles. The first-order chi connectivity index (χ1) is 9.88. The first-order valence-electron chi connectivity index (χ1n) is 6.04. The number of benzene rings is 2. The van der Waals surface area contributed by atoms with Gasteiger partial charge in [0.25, 0.3) is 5.69 Å². The number of hydrogen-bond acceptors (Lipinski definition) is 3. The Kier molecular flexibility index (Phi) is 4.65. The minimum atomic E-state index is -0.565. The van der Waals surface area contributed by atoms with E-state index in [-0.39, 0.29) is 27.6 Å². The Labute approximate surface area is 130 Å². The zero-order chi connectivity index (χ0) is 15.6. The molecular weight excluding hydrogens is 318 g/mol. The van der Waals surface area contributed by atoms with E-state index in [2.05, 4.69) is 5.32 Å². The summed E-state index contributed by atoms with van der Waals surface area (Å²) in [6, 6.07) is 8.25. The second-order valence-corrected chi connectivity index (χ2v) is 5.27. The standard InChI is InChI=1S/C14H11Cl2FN2O2/c1-8(9-2-4-10(17)5-3-9)18-14-12(15)6-11(19(20)21)7-13(14)16/h2-8,18H,1H3. The molecule has 110 valence electrons. The van der Waals surface area contributed by atoms with Crippen molar-refractivity contribution in [1.29, 1.82) is 0 Å². The number of nitrogens with one attached hydrogen (secondary N) is 1. The molecule has 0 aromatic heterocycles.